The van der Waals surface area contributed by atoms with Gasteiger partial charge in [0.25, 0.3) is 0 Å². The van der Waals surface area contributed by atoms with Crippen LogP contribution in [0.5, 0.6) is 0 Å². The van der Waals surface area contributed by atoms with Crippen molar-refractivity contribution in [3.05, 3.63) is 77.4 Å². The molecule has 1 aliphatic heterocycles. The van der Waals surface area contributed by atoms with Crippen molar-refractivity contribution < 1.29 is 4.79 Å². The molecule has 1 saturated heterocycles. The fourth-order valence-electron chi connectivity index (χ4n) is 3.57. The second kappa shape index (κ2) is 7.56. The van der Waals surface area contributed by atoms with E-state index in [4.69, 9.17) is 5.10 Å². The molecule has 1 fully saturated rings. The summed E-state index contributed by atoms with van der Waals surface area (Å²) < 4.78 is 1.98. The third kappa shape index (κ3) is 3.49. The lowest BCUT2D eigenvalue weighted by atomic mass is 10.1. The molecule has 0 aliphatic carbocycles. The van der Waals surface area contributed by atoms with Gasteiger partial charge in [0, 0.05) is 30.2 Å². The normalized spacial score (nSPS) is 16.9. The second-order valence-electron chi connectivity index (χ2n) is 6.69. The zero-order chi connectivity index (χ0) is 18.8. The molecule has 138 valence electrons. The maximum absolute atomic E-state index is 12.5. The largest absolute Gasteiger partial charge is 0.325 e. The maximum atomic E-state index is 12.5. The van der Waals surface area contributed by atoms with Gasteiger partial charge in [-0.25, -0.2) is 4.68 Å². The van der Waals surface area contributed by atoms with Crippen molar-refractivity contribution in [3.8, 4) is 5.69 Å². The highest BCUT2D eigenvalue weighted by atomic mass is 32.2. The first-order valence-electron chi connectivity index (χ1n) is 9.06. The zero-order valence-electron chi connectivity index (χ0n) is 15.5. The van der Waals surface area contributed by atoms with Crippen LogP contribution in [0.2, 0.25) is 0 Å². The molecule has 0 radical (unpaired) electrons. The van der Waals surface area contributed by atoms with Crippen molar-refractivity contribution in [2.45, 2.75) is 25.6 Å². The van der Waals surface area contributed by atoms with E-state index in [2.05, 4.69) is 24.0 Å². The molecule has 1 aliphatic rings. The number of hydrogen-bond acceptors (Lipinski definition) is 4. The highest BCUT2D eigenvalue weighted by molar-refractivity contribution is 8.00. The van der Waals surface area contributed by atoms with Crippen LogP contribution in [0.4, 0.5) is 0 Å². The summed E-state index contributed by atoms with van der Waals surface area (Å²) in [5.74, 6) is 0.724. The Labute approximate surface area is 163 Å². The first-order valence-corrected chi connectivity index (χ1v) is 10.1. The summed E-state index contributed by atoms with van der Waals surface area (Å²) in [5.41, 5.74) is 5.48. The number of pyridine rings is 1. The molecule has 0 spiro atoms. The molecule has 6 heteroatoms. The Kier molecular flexibility index (Phi) is 4.99. The molecule has 3 heterocycles. The molecular weight excluding hydrogens is 356 g/mol. The molecule has 3 aromatic rings. The van der Waals surface area contributed by atoms with Crippen LogP contribution < -0.4 is 0 Å². The van der Waals surface area contributed by atoms with Crippen molar-refractivity contribution in [1.82, 2.24) is 19.7 Å². The smallest absolute Gasteiger partial charge is 0.233 e. The van der Waals surface area contributed by atoms with E-state index in [1.54, 1.807) is 24.2 Å². The van der Waals surface area contributed by atoms with E-state index < -0.39 is 0 Å². The van der Waals surface area contributed by atoms with Gasteiger partial charge in [0.2, 0.25) is 5.91 Å². The molecule has 1 amide bonds. The van der Waals surface area contributed by atoms with Crippen LogP contribution in [0, 0.1) is 13.8 Å². The van der Waals surface area contributed by atoms with Crippen LogP contribution >= 0.6 is 11.8 Å². The minimum atomic E-state index is 0.0248. The van der Waals surface area contributed by atoms with Gasteiger partial charge < -0.3 is 4.90 Å². The standard InChI is InChI=1S/C21H22N4OS/c1-15-20(16(2)25(23-15)18-6-4-3-5-7-18)21-24(19(26)14-27-21)13-10-17-8-11-22-12-9-17/h3-9,11-12,21H,10,13-14H2,1-2H3. The summed E-state index contributed by atoms with van der Waals surface area (Å²) in [4.78, 5) is 18.6. The molecular formula is C21H22N4OS. The molecule has 2 aromatic heterocycles. The number of amides is 1. The third-order valence-corrected chi connectivity index (χ3v) is 6.17. The first-order chi connectivity index (χ1) is 13.1. The number of hydrogen-bond donors (Lipinski definition) is 0. The Bertz CT molecular complexity index is 940. The van der Waals surface area contributed by atoms with Crippen LogP contribution in [-0.4, -0.2) is 37.9 Å². The van der Waals surface area contributed by atoms with Gasteiger partial charge in [-0.15, -0.1) is 11.8 Å². The maximum Gasteiger partial charge on any atom is 0.233 e. The van der Waals surface area contributed by atoms with E-state index >= 15 is 0 Å². The van der Waals surface area contributed by atoms with Gasteiger partial charge in [0.15, 0.2) is 0 Å². The van der Waals surface area contributed by atoms with E-state index in [1.807, 2.05) is 46.8 Å². The molecule has 1 unspecified atom stereocenters. The van der Waals surface area contributed by atoms with E-state index in [0.29, 0.717) is 12.3 Å². The molecule has 0 saturated carbocycles. The number of thioether (sulfide) groups is 1. The van der Waals surface area contributed by atoms with Gasteiger partial charge in [-0.2, -0.15) is 5.10 Å². The van der Waals surface area contributed by atoms with Gasteiger partial charge in [-0.05, 0) is 50.1 Å². The molecule has 0 N–H and O–H groups in total. The number of nitrogens with zero attached hydrogens (tertiary/aromatic N) is 4. The Balaban J connectivity index is 1.62. The fraction of sp³-hybridized carbons (Fsp3) is 0.286. The number of benzene rings is 1. The predicted molar refractivity (Wildman–Crippen MR) is 108 cm³/mol. The second-order valence-corrected chi connectivity index (χ2v) is 7.76. The van der Waals surface area contributed by atoms with Crippen molar-refractivity contribution in [1.29, 1.82) is 0 Å². The molecule has 4 rings (SSSR count). The predicted octanol–water partition coefficient (Wildman–Crippen LogP) is 3.70. The summed E-state index contributed by atoms with van der Waals surface area (Å²) in [6, 6.07) is 14.1. The van der Waals surface area contributed by atoms with Crippen molar-refractivity contribution in [2.24, 2.45) is 0 Å². The number of aromatic nitrogens is 3. The molecule has 0 bridgehead atoms. The lowest BCUT2D eigenvalue weighted by Gasteiger charge is -2.24. The van der Waals surface area contributed by atoms with E-state index in [1.165, 1.54) is 5.56 Å². The Morgan fingerprint density at radius 1 is 1.11 bits per heavy atom. The van der Waals surface area contributed by atoms with Crippen molar-refractivity contribution in [2.75, 3.05) is 12.3 Å². The van der Waals surface area contributed by atoms with Gasteiger partial charge in [0.1, 0.15) is 5.37 Å². The quantitative estimate of drug-likeness (QED) is 0.679. The van der Waals surface area contributed by atoms with Crippen LogP contribution in [0.25, 0.3) is 5.69 Å². The summed E-state index contributed by atoms with van der Waals surface area (Å²) >= 11 is 1.69. The molecule has 1 atom stereocenters. The molecule has 5 nitrogen and oxygen atoms in total. The highest BCUT2D eigenvalue weighted by Gasteiger charge is 2.36. The zero-order valence-corrected chi connectivity index (χ0v) is 16.3. The van der Waals surface area contributed by atoms with E-state index in [-0.39, 0.29) is 11.3 Å². The lowest BCUT2D eigenvalue weighted by Crippen LogP contribution is -2.30. The minimum Gasteiger partial charge on any atom is -0.325 e. The van der Waals surface area contributed by atoms with Crippen LogP contribution in [0.3, 0.4) is 0 Å². The topological polar surface area (TPSA) is 51.0 Å². The average molecular weight is 379 g/mol. The van der Waals surface area contributed by atoms with E-state index in [0.717, 1.165) is 29.1 Å². The summed E-state index contributed by atoms with van der Waals surface area (Å²) in [6.45, 7) is 4.83. The van der Waals surface area contributed by atoms with Crippen LogP contribution in [-0.2, 0) is 11.2 Å². The lowest BCUT2D eigenvalue weighted by molar-refractivity contribution is -0.128. The summed E-state index contributed by atoms with van der Waals surface area (Å²) in [6.07, 6.45) is 4.42. The SMILES string of the molecule is Cc1nn(-c2ccccc2)c(C)c1C1SCC(=O)N1CCc1ccncc1. The average Bonchev–Trinajstić information content (AvgIpc) is 3.20. The summed E-state index contributed by atoms with van der Waals surface area (Å²) in [5, 5.41) is 4.78. The monoisotopic (exact) mass is 378 g/mol. The number of carbonyl (C=O) groups excluding carboxylic acids is 1. The molecule has 1 aromatic carbocycles. The van der Waals surface area contributed by atoms with Gasteiger partial charge in [-0.3, -0.25) is 9.78 Å². The van der Waals surface area contributed by atoms with Gasteiger partial charge >= 0.3 is 0 Å². The van der Waals surface area contributed by atoms with Crippen LogP contribution in [0.1, 0.15) is 27.9 Å². The minimum absolute atomic E-state index is 0.0248. The summed E-state index contributed by atoms with van der Waals surface area (Å²) in [7, 11) is 0. The number of aryl methyl sites for hydroxylation is 1. The van der Waals surface area contributed by atoms with Crippen molar-refractivity contribution >= 4 is 17.7 Å². The highest BCUT2D eigenvalue weighted by Crippen LogP contribution is 2.41. The number of rotatable bonds is 5. The first kappa shape index (κ1) is 17.8. The third-order valence-electron chi connectivity index (χ3n) is 4.95. The van der Waals surface area contributed by atoms with E-state index in [9.17, 15) is 4.79 Å². The van der Waals surface area contributed by atoms with Gasteiger partial charge in [-0.1, -0.05) is 18.2 Å². The van der Waals surface area contributed by atoms with Gasteiger partial charge in [0.05, 0.1) is 17.1 Å². The number of carbonyl (C=O) groups is 1. The Morgan fingerprint density at radius 2 is 1.85 bits per heavy atom. The van der Waals surface area contributed by atoms with Crippen LogP contribution in [0.15, 0.2) is 54.9 Å². The number of para-hydroxylation sites is 1. The fourth-order valence-corrected chi connectivity index (χ4v) is 4.94. The Morgan fingerprint density at radius 3 is 2.59 bits per heavy atom. The van der Waals surface area contributed by atoms with Crippen molar-refractivity contribution in [3.63, 3.8) is 0 Å². The molecule has 27 heavy (non-hydrogen) atoms. The Hall–Kier alpha value is -2.60.